The summed E-state index contributed by atoms with van der Waals surface area (Å²) in [5.41, 5.74) is 2.42. The molecular weight excluding hydrogens is 226 g/mol. The third-order valence-corrected chi connectivity index (χ3v) is 2.79. The number of pyridine rings is 1. The first kappa shape index (κ1) is 10.7. The number of aldehydes is 1. The van der Waals surface area contributed by atoms with Gasteiger partial charge in [-0.05, 0) is 24.6 Å². The number of aromatic nitrogens is 3. The van der Waals surface area contributed by atoms with E-state index in [9.17, 15) is 4.79 Å². The van der Waals surface area contributed by atoms with Crippen LogP contribution in [0.25, 0.3) is 16.7 Å². The SMILES string of the molecule is Cc1cnn(-c2nc3ccccc3cc2C=O)c1. The standard InChI is InChI=1S/C14H11N3O/c1-10-7-15-17(8-10)14-12(9-18)6-11-4-2-3-5-13(11)16-14/h2-9H,1H3. The number of hydrogen-bond donors (Lipinski definition) is 0. The molecule has 0 amide bonds. The zero-order valence-electron chi connectivity index (χ0n) is 9.87. The van der Waals surface area contributed by atoms with E-state index < -0.39 is 0 Å². The summed E-state index contributed by atoms with van der Waals surface area (Å²) in [5.74, 6) is 0.566. The first-order chi connectivity index (χ1) is 8.78. The maximum atomic E-state index is 11.2. The molecule has 18 heavy (non-hydrogen) atoms. The smallest absolute Gasteiger partial charge is 0.164 e. The fraction of sp³-hybridized carbons (Fsp3) is 0.0714. The maximum Gasteiger partial charge on any atom is 0.164 e. The van der Waals surface area contributed by atoms with Crippen molar-refractivity contribution in [1.82, 2.24) is 14.8 Å². The number of carbonyl (C=O) groups is 1. The quantitative estimate of drug-likeness (QED) is 0.643. The van der Waals surface area contributed by atoms with Crippen molar-refractivity contribution in [2.45, 2.75) is 6.92 Å². The fourth-order valence-electron chi connectivity index (χ4n) is 1.92. The second-order valence-corrected chi connectivity index (χ2v) is 4.17. The molecule has 2 aromatic heterocycles. The Morgan fingerprint density at radius 3 is 2.83 bits per heavy atom. The molecule has 0 N–H and O–H groups in total. The Balaban J connectivity index is 2.30. The van der Waals surface area contributed by atoms with Crippen LogP contribution < -0.4 is 0 Å². The summed E-state index contributed by atoms with van der Waals surface area (Å²) in [4.78, 5) is 15.7. The van der Waals surface area contributed by atoms with Gasteiger partial charge in [-0.1, -0.05) is 18.2 Å². The Morgan fingerprint density at radius 2 is 2.11 bits per heavy atom. The Hall–Kier alpha value is -2.49. The predicted octanol–water partition coefficient (Wildman–Crippen LogP) is 2.54. The molecule has 3 aromatic rings. The zero-order chi connectivity index (χ0) is 12.5. The minimum absolute atomic E-state index is 0.539. The van der Waals surface area contributed by atoms with Crippen molar-refractivity contribution in [2.24, 2.45) is 0 Å². The molecule has 0 bridgehead atoms. The van der Waals surface area contributed by atoms with Crippen LogP contribution in [0.5, 0.6) is 0 Å². The molecule has 0 saturated carbocycles. The van der Waals surface area contributed by atoms with Crippen molar-refractivity contribution in [3.05, 3.63) is 53.9 Å². The van der Waals surface area contributed by atoms with Gasteiger partial charge in [-0.3, -0.25) is 4.79 Å². The van der Waals surface area contributed by atoms with Gasteiger partial charge in [0.15, 0.2) is 12.1 Å². The Labute approximate surface area is 104 Å². The molecule has 2 heterocycles. The van der Waals surface area contributed by atoms with Crippen LogP contribution in [0.3, 0.4) is 0 Å². The lowest BCUT2D eigenvalue weighted by Gasteiger charge is -2.06. The van der Waals surface area contributed by atoms with Crippen molar-refractivity contribution in [3.8, 4) is 5.82 Å². The molecule has 1 aromatic carbocycles. The zero-order valence-corrected chi connectivity index (χ0v) is 9.87. The number of carbonyl (C=O) groups excluding carboxylic acids is 1. The van der Waals surface area contributed by atoms with Crippen molar-refractivity contribution in [1.29, 1.82) is 0 Å². The summed E-state index contributed by atoms with van der Waals surface area (Å²) in [5, 5.41) is 5.15. The van der Waals surface area contributed by atoms with Gasteiger partial charge in [0.1, 0.15) is 0 Å². The van der Waals surface area contributed by atoms with Gasteiger partial charge in [0, 0.05) is 11.6 Å². The van der Waals surface area contributed by atoms with Gasteiger partial charge < -0.3 is 0 Å². The van der Waals surface area contributed by atoms with Gasteiger partial charge in [-0.25, -0.2) is 9.67 Å². The summed E-state index contributed by atoms with van der Waals surface area (Å²) in [6.07, 6.45) is 4.40. The maximum absolute atomic E-state index is 11.2. The highest BCUT2D eigenvalue weighted by Crippen LogP contribution is 2.18. The summed E-state index contributed by atoms with van der Waals surface area (Å²) in [6.45, 7) is 1.95. The average molecular weight is 237 g/mol. The van der Waals surface area contributed by atoms with Crippen molar-refractivity contribution >= 4 is 17.2 Å². The molecule has 0 saturated heterocycles. The Bertz CT molecular complexity index is 731. The van der Waals surface area contributed by atoms with Gasteiger partial charge in [0.05, 0.1) is 17.3 Å². The number of aryl methyl sites for hydroxylation is 1. The summed E-state index contributed by atoms with van der Waals surface area (Å²) < 4.78 is 1.63. The van der Waals surface area contributed by atoms with Gasteiger partial charge in [-0.2, -0.15) is 5.10 Å². The van der Waals surface area contributed by atoms with Crippen LogP contribution in [0, 0.1) is 6.92 Å². The third kappa shape index (κ3) is 1.68. The molecule has 0 spiro atoms. The molecule has 0 unspecified atom stereocenters. The van der Waals surface area contributed by atoms with Crippen LogP contribution in [0.15, 0.2) is 42.7 Å². The van der Waals surface area contributed by atoms with Crippen LogP contribution >= 0.6 is 0 Å². The van der Waals surface area contributed by atoms with Crippen LogP contribution in [0.4, 0.5) is 0 Å². The normalized spacial score (nSPS) is 10.7. The first-order valence-corrected chi connectivity index (χ1v) is 5.64. The molecule has 0 aliphatic rings. The van der Waals surface area contributed by atoms with Crippen molar-refractivity contribution < 1.29 is 4.79 Å². The van der Waals surface area contributed by atoms with Crippen LogP contribution in [0.1, 0.15) is 15.9 Å². The van der Waals surface area contributed by atoms with E-state index in [0.717, 1.165) is 22.8 Å². The molecule has 0 fully saturated rings. The van der Waals surface area contributed by atoms with E-state index in [2.05, 4.69) is 10.1 Å². The van der Waals surface area contributed by atoms with Crippen LogP contribution in [-0.2, 0) is 0 Å². The monoisotopic (exact) mass is 237 g/mol. The van der Waals surface area contributed by atoms with E-state index in [4.69, 9.17) is 0 Å². The van der Waals surface area contributed by atoms with E-state index >= 15 is 0 Å². The molecule has 4 heteroatoms. The second-order valence-electron chi connectivity index (χ2n) is 4.17. The van der Waals surface area contributed by atoms with Crippen molar-refractivity contribution in [2.75, 3.05) is 0 Å². The van der Waals surface area contributed by atoms with Crippen molar-refractivity contribution in [3.63, 3.8) is 0 Å². The van der Waals surface area contributed by atoms with E-state index in [1.807, 2.05) is 43.5 Å². The number of hydrogen-bond acceptors (Lipinski definition) is 3. The molecule has 0 atom stereocenters. The molecule has 0 aliphatic heterocycles. The van der Waals surface area contributed by atoms with Gasteiger partial charge in [-0.15, -0.1) is 0 Å². The highest BCUT2D eigenvalue weighted by molar-refractivity contribution is 5.89. The Morgan fingerprint density at radius 1 is 1.28 bits per heavy atom. The van der Waals surface area contributed by atoms with E-state index in [-0.39, 0.29) is 0 Å². The lowest BCUT2D eigenvalue weighted by Crippen LogP contribution is -2.03. The lowest BCUT2D eigenvalue weighted by molar-refractivity contribution is 0.112. The third-order valence-electron chi connectivity index (χ3n) is 2.79. The number of benzene rings is 1. The average Bonchev–Trinajstić information content (AvgIpc) is 2.83. The summed E-state index contributed by atoms with van der Waals surface area (Å²) in [7, 11) is 0. The highest BCUT2D eigenvalue weighted by Gasteiger charge is 2.08. The minimum atomic E-state index is 0.539. The highest BCUT2D eigenvalue weighted by atomic mass is 16.1. The molecule has 3 rings (SSSR count). The molecule has 0 aliphatic carbocycles. The summed E-state index contributed by atoms with van der Waals surface area (Å²) in [6, 6.07) is 9.54. The lowest BCUT2D eigenvalue weighted by atomic mass is 10.1. The summed E-state index contributed by atoms with van der Waals surface area (Å²) >= 11 is 0. The van der Waals surface area contributed by atoms with E-state index in [0.29, 0.717) is 11.4 Å². The van der Waals surface area contributed by atoms with E-state index in [1.165, 1.54) is 0 Å². The molecule has 4 nitrogen and oxygen atoms in total. The predicted molar refractivity (Wildman–Crippen MR) is 69.0 cm³/mol. The Kier molecular flexibility index (Phi) is 2.41. The van der Waals surface area contributed by atoms with Crippen LogP contribution in [0.2, 0.25) is 0 Å². The number of nitrogens with zero attached hydrogens (tertiary/aromatic N) is 3. The number of fused-ring (bicyclic) bond motifs is 1. The largest absolute Gasteiger partial charge is 0.298 e. The first-order valence-electron chi connectivity index (χ1n) is 5.64. The van der Waals surface area contributed by atoms with Gasteiger partial charge in [0.25, 0.3) is 0 Å². The van der Waals surface area contributed by atoms with Gasteiger partial charge in [0.2, 0.25) is 0 Å². The number of para-hydroxylation sites is 1. The van der Waals surface area contributed by atoms with E-state index in [1.54, 1.807) is 10.9 Å². The minimum Gasteiger partial charge on any atom is -0.298 e. The second kappa shape index (κ2) is 4.07. The molecule has 88 valence electrons. The topological polar surface area (TPSA) is 47.8 Å². The molecular formula is C14H11N3O. The van der Waals surface area contributed by atoms with Gasteiger partial charge >= 0.3 is 0 Å². The number of rotatable bonds is 2. The fourth-order valence-corrected chi connectivity index (χ4v) is 1.92. The molecule has 0 radical (unpaired) electrons. The van der Waals surface area contributed by atoms with Crippen LogP contribution in [-0.4, -0.2) is 21.1 Å².